The lowest BCUT2D eigenvalue weighted by atomic mass is 9.92. The van der Waals surface area contributed by atoms with Crippen LogP contribution in [0.3, 0.4) is 0 Å². The number of rotatable bonds is 5. The van der Waals surface area contributed by atoms with Crippen molar-refractivity contribution in [2.24, 2.45) is 5.92 Å². The van der Waals surface area contributed by atoms with Gasteiger partial charge in [-0.15, -0.1) is 0 Å². The molecule has 0 unspecified atom stereocenters. The van der Waals surface area contributed by atoms with E-state index in [4.69, 9.17) is 32.3 Å². The zero-order valence-electron chi connectivity index (χ0n) is 18.4. The van der Waals surface area contributed by atoms with Crippen LogP contribution in [0.1, 0.15) is 18.5 Å². The Morgan fingerprint density at radius 3 is 2.44 bits per heavy atom. The molecule has 2 aromatic heterocycles. The summed E-state index contributed by atoms with van der Waals surface area (Å²) in [7, 11) is 8.30. The number of benzene rings is 2. The first-order chi connectivity index (χ1) is 16.3. The predicted molar refractivity (Wildman–Crippen MR) is 136 cm³/mol. The van der Waals surface area contributed by atoms with Crippen molar-refractivity contribution >= 4 is 53.9 Å². The molecule has 0 bridgehead atoms. The van der Waals surface area contributed by atoms with Crippen LogP contribution in [0.4, 0.5) is 0 Å². The van der Waals surface area contributed by atoms with Crippen LogP contribution >= 0.6 is 11.6 Å². The second-order valence-electron chi connectivity index (χ2n) is 8.57. The molecule has 0 amide bonds. The Labute approximate surface area is 206 Å². The van der Waals surface area contributed by atoms with Crippen LogP contribution in [0.25, 0.3) is 16.9 Å². The van der Waals surface area contributed by atoms with Crippen LogP contribution in [0.2, 0.25) is 5.02 Å². The molecule has 168 valence electrons. The molecule has 1 aliphatic heterocycles. The number of hydrogen-bond donors (Lipinski definition) is 0. The lowest BCUT2D eigenvalue weighted by molar-refractivity contribution is 0.271. The third kappa shape index (κ3) is 4.40. The highest BCUT2D eigenvalue weighted by atomic mass is 35.5. The molecule has 34 heavy (non-hydrogen) atoms. The highest BCUT2D eigenvalue weighted by Gasteiger charge is 2.30. The second kappa shape index (κ2) is 9.21. The molecule has 3 heterocycles. The number of sulfonamides is 1. The van der Waals surface area contributed by atoms with Crippen molar-refractivity contribution in [3.8, 4) is 11.3 Å². The summed E-state index contributed by atoms with van der Waals surface area (Å²) in [4.78, 5) is 4.97. The second-order valence-corrected chi connectivity index (χ2v) is 10.9. The van der Waals surface area contributed by atoms with Crippen molar-refractivity contribution in [1.82, 2.24) is 18.9 Å². The first-order valence-corrected chi connectivity index (χ1v) is 12.9. The van der Waals surface area contributed by atoms with E-state index in [0.717, 1.165) is 36.2 Å². The molecule has 0 N–H and O–H groups in total. The number of aromatic nitrogens is 3. The molecule has 4 radical (unpaired) electrons. The number of hydrogen-bond acceptors (Lipinski definition) is 4. The minimum absolute atomic E-state index is 0.271. The molecule has 1 saturated heterocycles. The summed E-state index contributed by atoms with van der Waals surface area (Å²) in [6, 6.07) is 15.9. The van der Waals surface area contributed by atoms with E-state index in [9.17, 15) is 8.42 Å². The monoisotopic (exact) mass is 486 g/mol. The highest BCUT2D eigenvalue weighted by Crippen LogP contribution is 2.30. The number of piperidine rings is 1. The molecule has 5 rings (SSSR count). The van der Waals surface area contributed by atoms with Crippen LogP contribution in [0.15, 0.2) is 65.7 Å². The number of nitrogens with zero attached hydrogens (tertiary/aromatic N) is 4. The van der Waals surface area contributed by atoms with Gasteiger partial charge in [-0.05, 0) is 54.9 Å². The lowest BCUT2D eigenvalue weighted by Gasteiger charge is -2.31. The molecule has 6 nitrogen and oxygen atoms in total. The summed E-state index contributed by atoms with van der Waals surface area (Å²) in [5.74, 6) is 0.299. The van der Waals surface area contributed by atoms with Crippen LogP contribution in [-0.2, 0) is 16.4 Å². The van der Waals surface area contributed by atoms with Gasteiger partial charge in [0.15, 0.2) is 0 Å². The van der Waals surface area contributed by atoms with E-state index in [1.54, 1.807) is 39.3 Å². The van der Waals surface area contributed by atoms with Gasteiger partial charge >= 0.3 is 0 Å². The van der Waals surface area contributed by atoms with Gasteiger partial charge in [0.25, 0.3) is 0 Å². The first kappa shape index (κ1) is 23.1. The molecule has 1 fully saturated rings. The van der Waals surface area contributed by atoms with Gasteiger partial charge in [-0.1, -0.05) is 47.4 Å². The van der Waals surface area contributed by atoms with Gasteiger partial charge in [0.2, 0.25) is 10.0 Å². The minimum Gasteiger partial charge on any atom is -0.229 e. The molecule has 4 aromatic rings. The van der Waals surface area contributed by atoms with E-state index in [-0.39, 0.29) is 4.90 Å². The third-order valence-electron chi connectivity index (χ3n) is 6.31. The Balaban J connectivity index is 1.37. The normalized spacial score (nSPS) is 15.7. The van der Waals surface area contributed by atoms with Gasteiger partial charge in [0, 0.05) is 35.6 Å². The summed E-state index contributed by atoms with van der Waals surface area (Å²) in [5.41, 5.74) is 4.17. The van der Waals surface area contributed by atoms with Crippen LogP contribution < -0.4 is 10.9 Å². The minimum atomic E-state index is -3.53. The molecule has 0 atom stereocenters. The maximum atomic E-state index is 13.0. The van der Waals surface area contributed by atoms with E-state index >= 15 is 0 Å². The average molecular weight is 487 g/mol. The van der Waals surface area contributed by atoms with Crippen molar-refractivity contribution in [2.45, 2.75) is 24.2 Å². The molecular formula is C24H21B2ClN4O2S. The Morgan fingerprint density at radius 2 is 1.74 bits per heavy atom. The molecule has 1 aliphatic rings. The topological polar surface area (TPSA) is 67.6 Å². The van der Waals surface area contributed by atoms with Crippen LogP contribution in [0, 0.1) is 5.92 Å². The fourth-order valence-electron chi connectivity index (χ4n) is 4.43. The maximum Gasteiger partial charge on any atom is 0.243 e. The Hall–Kier alpha value is -2.61. The number of halogens is 1. The molecular weight excluding hydrogens is 465 g/mol. The van der Waals surface area contributed by atoms with Crippen molar-refractivity contribution in [3.63, 3.8) is 0 Å². The zero-order valence-corrected chi connectivity index (χ0v) is 20.0. The van der Waals surface area contributed by atoms with Crippen molar-refractivity contribution < 1.29 is 8.42 Å². The first-order valence-electron chi connectivity index (χ1n) is 11.1. The summed E-state index contributed by atoms with van der Waals surface area (Å²) in [6.07, 6.45) is 3.82. The lowest BCUT2D eigenvalue weighted by Crippen LogP contribution is -2.39. The van der Waals surface area contributed by atoms with Crippen molar-refractivity contribution in [1.29, 1.82) is 0 Å². The summed E-state index contributed by atoms with van der Waals surface area (Å²) in [5, 5.41) is 5.04. The van der Waals surface area contributed by atoms with E-state index in [1.165, 1.54) is 0 Å². The Bertz CT molecular complexity index is 1450. The number of fused-ring (bicyclic) bond motifs is 1. The van der Waals surface area contributed by atoms with E-state index in [0.29, 0.717) is 40.6 Å². The van der Waals surface area contributed by atoms with Gasteiger partial charge in [0.05, 0.1) is 10.6 Å². The molecule has 10 heteroatoms. The Morgan fingerprint density at radius 1 is 1.03 bits per heavy atom. The summed E-state index contributed by atoms with van der Waals surface area (Å²) in [6.45, 7) is 0.925. The standard InChI is InChI=1S/C24H21B2ClN4O2S/c25-17-5-7-19(8-6-17)34(32,33)30-11-9-16(10-12-30)13-18-14-23(20-3-1-2-4-22(20)27)29-24-21(26)15-28-31(18)24/h1-8,14-16H,9-13H2. The molecule has 0 saturated carbocycles. The zero-order chi connectivity index (χ0) is 23.9. The van der Waals surface area contributed by atoms with Crippen molar-refractivity contribution in [3.05, 3.63) is 71.5 Å². The maximum absolute atomic E-state index is 13.0. The van der Waals surface area contributed by atoms with Gasteiger partial charge in [-0.3, -0.25) is 0 Å². The fraction of sp³-hybridized carbons (Fsp3) is 0.250. The van der Waals surface area contributed by atoms with Gasteiger partial charge in [-0.2, -0.15) is 9.40 Å². The SMILES string of the molecule is [B]c1ccc(S(=O)(=O)N2CCC(Cc3cc(-c4ccccc4Cl)nc4c([B])cnn34)CC2)cc1. The Kier molecular flexibility index (Phi) is 6.27. The van der Waals surface area contributed by atoms with Gasteiger partial charge < -0.3 is 0 Å². The molecule has 0 aliphatic carbocycles. The fourth-order valence-corrected chi connectivity index (χ4v) is 6.14. The molecule has 0 spiro atoms. The van der Waals surface area contributed by atoms with Crippen molar-refractivity contribution in [2.75, 3.05) is 13.1 Å². The van der Waals surface area contributed by atoms with Gasteiger partial charge in [-0.25, -0.2) is 17.9 Å². The van der Waals surface area contributed by atoms with E-state index in [1.807, 2.05) is 30.3 Å². The average Bonchev–Trinajstić information content (AvgIpc) is 3.21. The quantitative estimate of drug-likeness (QED) is 0.406. The third-order valence-corrected chi connectivity index (χ3v) is 8.55. The van der Waals surface area contributed by atoms with Crippen LogP contribution in [0.5, 0.6) is 0 Å². The van der Waals surface area contributed by atoms with Gasteiger partial charge in [0.1, 0.15) is 21.3 Å². The summed E-state index contributed by atoms with van der Waals surface area (Å²) >= 11 is 6.42. The smallest absolute Gasteiger partial charge is 0.229 e. The predicted octanol–water partition coefficient (Wildman–Crippen LogP) is 2.28. The van der Waals surface area contributed by atoms with E-state index < -0.39 is 10.0 Å². The van der Waals surface area contributed by atoms with E-state index in [2.05, 4.69) is 5.10 Å². The largest absolute Gasteiger partial charge is 0.243 e. The highest BCUT2D eigenvalue weighted by molar-refractivity contribution is 7.89. The van der Waals surface area contributed by atoms with Crippen LogP contribution in [-0.4, -0.2) is 56.1 Å². The summed E-state index contributed by atoms with van der Waals surface area (Å²) < 4.78 is 29.3. The molecule has 2 aromatic carbocycles.